The maximum absolute atomic E-state index is 11.4. The first-order chi connectivity index (χ1) is 8.13. The van der Waals surface area contributed by atoms with Crippen molar-refractivity contribution in [1.82, 2.24) is 10.6 Å². The van der Waals surface area contributed by atoms with Crippen LogP contribution in [0, 0.1) is 0 Å². The molecular formula is C10H14N2O4S. The maximum Gasteiger partial charge on any atom is 0.326 e. The normalized spacial score (nSPS) is 11.8. The minimum atomic E-state index is -1.16. The zero-order valence-electron chi connectivity index (χ0n) is 9.05. The molecule has 4 N–H and O–H groups in total. The monoisotopic (exact) mass is 258 g/mol. The summed E-state index contributed by atoms with van der Waals surface area (Å²) in [4.78, 5) is 23.1. The van der Waals surface area contributed by atoms with Crippen molar-refractivity contribution in [2.45, 2.75) is 19.0 Å². The number of carboxylic acid groups (broad SMARTS) is 1. The lowest BCUT2D eigenvalue weighted by Gasteiger charge is -2.13. The zero-order chi connectivity index (χ0) is 12.7. The van der Waals surface area contributed by atoms with Gasteiger partial charge in [0.25, 0.3) is 0 Å². The molecule has 0 bridgehead atoms. The number of hydrogen-bond donors (Lipinski definition) is 4. The Bertz CT molecular complexity index is 366. The molecule has 17 heavy (non-hydrogen) atoms. The van der Waals surface area contributed by atoms with Gasteiger partial charge in [-0.05, 0) is 11.4 Å². The fourth-order valence-electron chi connectivity index (χ4n) is 1.18. The predicted molar refractivity (Wildman–Crippen MR) is 62.8 cm³/mol. The van der Waals surface area contributed by atoms with E-state index in [0.29, 0.717) is 6.54 Å². The summed E-state index contributed by atoms with van der Waals surface area (Å²) in [7, 11) is 0. The van der Waals surface area contributed by atoms with Crippen LogP contribution in [0.4, 0.5) is 4.79 Å². The highest BCUT2D eigenvalue weighted by molar-refractivity contribution is 7.09. The van der Waals surface area contributed by atoms with Gasteiger partial charge < -0.3 is 20.8 Å². The van der Waals surface area contributed by atoms with Crippen molar-refractivity contribution in [1.29, 1.82) is 0 Å². The molecule has 94 valence electrons. The van der Waals surface area contributed by atoms with Gasteiger partial charge in [-0.2, -0.15) is 0 Å². The maximum atomic E-state index is 11.4. The minimum absolute atomic E-state index is 0.0121. The fraction of sp³-hybridized carbons (Fsp3) is 0.400. The van der Waals surface area contributed by atoms with Gasteiger partial charge in [0, 0.05) is 17.9 Å². The van der Waals surface area contributed by atoms with E-state index in [0.717, 1.165) is 4.88 Å². The van der Waals surface area contributed by atoms with Crippen LogP contribution in [0.15, 0.2) is 17.5 Å². The number of carbonyl (C=O) groups excluding carboxylic acids is 1. The molecule has 1 aromatic heterocycles. The summed E-state index contributed by atoms with van der Waals surface area (Å²) in [5.74, 6) is -1.16. The molecule has 7 heteroatoms. The third-order valence-electron chi connectivity index (χ3n) is 2.02. The van der Waals surface area contributed by atoms with Crippen LogP contribution < -0.4 is 10.6 Å². The minimum Gasteiger partial charge on any atom is -0.480 e. The lowest BCUT2D eigenvalue weighted by atomic mass is 10.2. The second kappa shape index (κ2) is 6.87. The van der Waals surface area contributed by atoms with Crippen molar-refractivity contribution in [3.63, 3.8) is 0 Å². The highest BCUT2D eigenvalue weighted by Gasteiger charge is 2.18. The number of thiophene rings is 1. The molecule has 0 fully saturated rings. The molecule has 1 atom stereocenters. The molecular weight excluding hydrogens is 244 g/mol. The molecule has 0 aliphatic carbocycles. The molecule has 6 nitrogen and oxygen atoms in total. The van der Waals surface area contributed by atoms with Crippen LogP contribution >= 0.6 is 11.3 Å². The van der Waals surface area contributed by atoms with E-state index in [2.05, 4.69) is 10.6 Å². The summed E-state index contributed by atoms with van der Waals surface area (Å²) in [6.45, 7) is 0.0666. The van der Waals surface area contributed by atoms with E-state index in [1.807, 2.05) is 17.5 Å². The molecule has 1 heterocycles. The SMILES string of the molecule is O=C(NCc1cccs1)NC(CCO)C(=O)O. The summed E-state index contributed by atoms with van der Waals surface area (Å²) in [6.07, 6.45) is -0.0121. The molecule has 2 amide bonds. The number of aliphatic hydroxyl groups excluding tert-OH is 1. The van der Waals surface area contributed by atoms with Crippen LogP contribution in [0.3, 0.4) is 0 Å². The van der Waals surface area contributed by atoms with Crippen LogP contribution in [-0.2, 0) is 11.3 Å². The van der Waals surface area contributed by atoms with Crippen LogP contribution in [0.25, 0.3) is 0 Å². The number of urea groups is 1. The van der Waals surface area contributed by atoms with Crippen molar-refractivity contribution >= 4 is 23.3 Å². The van der Waals surface area contributed by atoms with Crippen LogP contribution in [0.2, 0.25) is 0 Å². The molecule has 0 saturated carbocycles. The van der Waals surface area contributed by atoms with Crippen molar-refractivity contribution in [2.75, 3.05) is 6.61 Å². The molecule has 0 aliphatic rings. The van der Waals surface area contributed by atoms with Crippen molar-refractivity contribution < 1.29 is 19.8 Å². The number of aliphatic carboxylic acids is 1. The zero-order valence-corrected chi connectivity index (χ0v) is 9.87. The first-order valence-electron chi connectivity index (χ1n) is 5.04. The van der Waals surface area contributed by atoms with Crippen molar-refractivity contribution in [2.24, 2.45) is 0 Å². The first kappa shape index (κ1) is 13.5. The van der Waals surface area contributed by atoms with Crippen LogP contribution in [0.5, 0.6) is 0 Å². The predicted octanol–water partition coefficient (Wildman–Crippen LogP) is 0.383. The molecule has 0 spiro atoms. The van der Waals surface area contributed by atoms with Gasteiger partial charge in [-0.1, -0.05) is 6.07 Å². The third-order valence-corrected chi connectivity index (χ3v) is 2.90. The third kappa shape index (κ3) is 4.83. The molecule has 0 radical (unpaired) electrons. The molecule has 1 aromatic rings. The summed E-state index contributed by atoms with van der Waals surface area (Å²) >= 11 is 1.50. The summed E-state index contributed by atoms with van der Waals surface area (Å²) in [5, 5.41) is 24.1. The van der Waals surface area contributed by atoms with Gasteiger partial charge in [0.2, 0.25) is 0 Å². The highest BCUT2D eigenvalue weighted by Crippen LogP contribution is 2.07. The van der Waals surface area contributed by atoms with Gasteiger partial charge in [-0.3, -0.25) is 0 Å². The lowest BCUT2D eigenvalue weighted by molar-refractivity contribution is -0.139. The van der Waals surface area contributed by atoms with E-state index >= 15 is 0 Å². The Morgan fingerprint density at radius 3 is 2.76 bits per heavy atom. The Morgan fingerprint density at radius 1 is 1.47 bits per heavy atom. The summed E-state index contributed by atoms with van der Waals surface area (Å²) < 4.78 is 0. The van der Waals surface area contributed by atoms with E-state index in [9.17, 15) is 9.59 Å². The number of hydrogen-bond acceptors (Lipinski definition) is 4. The average molecular weight is 258 g/mol. The van der Waals surface area contributed by atoms with E-state index in [1.54, 1.807) is 0 Å². The van der Waals surface area contributed by atoms with Crippen LogP contribution in [0.1, 0.15) is 11.3 Å². The molecule has 0 aliphatic heterocycles. The molecule has 1 unspecified atom stereocenters. The Morgan fingerprint density at radius 2 is 2.24 bits per heavy atom. The van der Waals surface area contributed by atoms with E-state index in [4.69, 9.17) is 10.2 Å². The van der Waals surface area contributed by atoms with Gasteiger partial charge in [0.05, 0.1) is 6.54 Å². The summed E-state index contributed by atoms with van der Waals surface area (Å²) in [5.41, 5.74) is 0. The second-order valence-corrected chi connectivity index (χ2v) is 4.34. The van der Waals surface area contributed by atoms with Gasteiger partial charge in [-0.15, -0.1) is 11.3 Å². The Hall–Kier alpha value is -1.60. The van der Waals surface area contributed by atoms with E-state index in [-0.39, 0.29) is 13.0 Å². The quantitative estimate of drug-likeness (QED) is 0.593. The molecule has 0 saturated heterocycles. The van der Waals surface area contributed by atoms with Crippen molar-refractivity contribution in [3.05, 3.63) is 22.4 Å². The lowest BCUT2D eigenvalue weighted by Crippen LogP contribution is -2.46. The highest BCUT2D eigenvalue weighted by atomic mass is 32.1. The molecule has 1 rings (SSSR count). The Labute approximate surface area is 102 Å². The smallest absolute Gasteiger partial charge is 0.326 e. The number of nitrogens with one attached hydrogen (secondary N) is 2. The standard InChI is InChI=1S/C10H14N2O4S/c13-4-3-8(9(14)15)12-10(16)11-6-7-2-1-5-17-7/h1-2,5,8,13H,3-4,6H2,(H,14,15)(H2,11,12,16). The molecule has 0 aromatic carbocycles. The van der Waals surface area contributed by atoms with E-state index in [1.165, 1.54) is 11.3 Å². The van der Waals surface area contributed by atoms with Gasteiger partial charge in [-0.25, -0.2) is 9.59 Å². The number of amides is 2. The van der Waals surface area contributed by atoms with Crippen molar-refractivity contribution in [3.8, 4) is 0 Å². The van der Waals surface area contributed by atoms with Gasteiger partial charge in [0.15, 0.2) is 0 Å². The van der Waals surface area contributed by atoms with Crippen LogP contribution in [-0.4, -0.2) is 34.9 Å². The number of aliphatic hydroxyl groups is 1. The fourth-order valence-corrected chi connectivity index (χ4v) is 1.82. The second-order valence-electron chi connectivity index (χ2n) is 3.31. The Kier molecular flexibility index (Phi) is 5.44. The average Bonchev–Trinajstić information content (AvgIpc) is 2.78. The van der Waals surface area contributed by atoms with Gasteiger partial charge in [0.1, 0.15) is 6.04 Å². The first-order valence-corrected chi connectivity index (χ1v) is 5.92. The number of carboxylic acids is 1. The number of rotatable bonds is 6. The summed E-state index contributed by atoms with van der Waals surface area (Å²) in [6, 6.07) is 2.11. The van der Waals surface area contributed by atoms with E-state index < -0.39 is 18.0 Å². The topological polar surface area (TPSA) is 98.7 Å². The number of carbonyl (C=O) groups is 2. The van der Waals surface area contributed by atoms with Gasteiger partial charge >= 0.3 is 12.0 Å². The Balaban J connectivity index is 2.34. The largest absolute Gasteiger partial charge is 0.480 e.